The molecule has 4 aromatic carbocycles. The Labute approximate surface area is 221 Å². The van der Waals surface area contributed by atoms with Crippen LogP contribution in [-0.2, 0) is 14.9 Å². The largest absolute Gasteiger partial charge is 0.493 e. The first-order valence-electron chi connectivity index (χ1n) is 13.1. The average Bonchev–Trinajstić information content (AvgIpc) is 2.95. The molecule has 0 radical (unpaired) electrons. The quantitative estimate of drug-likeness (QED) is 0.122. The molecule has 0 aliphatic rings. The molecule has 0 amide bonds. The smallest absolute Gasteiger partial charge is 0.311 e. The number of hydrogen-bond acceptors (Lipinski definition) is 3. The van der Waals surface area contributed by atoms with E-state index in [9.17, 15) is 4.79 Å². The van der Waals surface area contributed by atoms with Gasteiger partial charge in [0.15, 0.2) is 0 Å². The third-order valence-corrected chi connectivity index (χ3v) is 7.13. The second-order valence-electron chi connectivity index (χ2n) is 9.95. The van der Waals surface area contributed by atoms with Gasteiger partial charge in [-0.1, -0.05) is 110 Å². The van der Waals surface area contributed by atoms with Crippen LogP contribution in [-0.4, -0.2) is 19.2 Å². The summed E-state index contributed by atoms with van der Waals surface area (Å²) < 4.78 is 11.4. The van der Waals surface area contributed by atoms with Gasteiger partial charge in [0.2, 0.25) is 0 Å². The third kappa shape index (κ3) is 5.77. The molecular formula is C34H36O3. The number of benzene rings is 4. The van der Waals surface area contributed by atoms with Crippen LogP contribution in [0.1, 0.15) is 55.9 Å². The van der Waals surface area contributed by atoms with Crippen molar-refractivity contribution in [1.82, 2.24) is 0 Å². The van der Waals surface area contributed by atoms with Crippen molar-refractivity contribution in [3.8, 4) is 5.75 Å². The molecule has 37 heavy (non-hydrogen) atoms. The van der Waals surface area contributed by atoms with Gasteiger partial charge in [-0.05, 0) is 54.7 Å². The van der Waals surface area contributed by atoms with Crippen molar-refractivity contribution in [2.45, 2.75) is 39.0 Å². The molecule has 4 rings (SSSR count). The zero-order valence-corrected chi connectivity index (χ0v) is 22.0. The fourth-order valence-corrected chi connectivity index (χ4v) is 4.62. The van der Waals surface area contributed by atoms with Crippen molar-refractivity contribution in [2.24, 2.45) is 5.41 Å². The van der Waals surface area contributed by atoms with Gasteiger partial charge in [0.05, 0.1) is 24.0 Å². The SMILES string of the molecule is CCC(C)(C)C(=O)OCCCOc1ccc(C(c2ccccc2)(c2ccccc2)c2ccccc2)cc1. The minimum absolute atomic E-state index is 0.154. The van der Waals surface area contributed by atoms with E-state index in [-0.39, 0.29) is 5.97 Å². The molecule has 3 nitrogen and oxygen atoms in total. The Bertz CT molecular complexity index is 1150. The molecule has 3 heteroatoms. The predicted octanol–water partition coefficient (Wildman–Crippen LogP) is 7.82. The Morgan fingerprint density at radius 2 is 1.05 bits per heavy atom. The Balaban J connectivity index is 1.58. The number of rotatable bonds is 11. The molecule has 0 fully saturated rings. The highest BCUT2D eigenvalue weighted by atomic mass is 16.5. The predicted molar refractivity (Wildman–Crippen MR) is 150 cm³/mol. The van der Waals surface area contributed by atoms with Gasteiger partial charge >= 0.3 is 5.97 Å². The minimum Gasteiger partial charge on any atom is -0.493 e. The highest BCUT2D eigenvalue weighted by molar-refractivity contribution is 5.75. The Morgan fingerprint density at radius 1 is 0.622 bits per heavy atom. The Hall–Kier alpha value is -3.85. The van der Waals surface area contributed by atoms with E-state index in [1.54, 1.807) is 0 Å². The summed E-state index contributed by atoms with van der Waals surface area (Å²) in [6, 6.07) is 40.3. The molecular weight excluding hydrogens is 456 g/mol. The Morgan fingerprint density at radius 3 is 1.49 bits per heavy atom. The summed E-state index contributed by atoms with van der Waals surface area (Å²) in [5, 5.41) is 0. The van der Waals surface area contributed by atoms with Gasteiger partial charge in [0, 0.05) is 6.42 Å². The zero-order valence-electron chi connectivity index (χ0n) is 22.0. The summed E-state index contributed by atoms with van der Waals surface area (Å²) in [5.74, 6) is 0.644. The van der Waals surface area contributed by atoms with Gasteiger partial charge < -0.3 is 9.47 Å². The van der Waals surface area contributed by atoms with E-state index in [2.05, 4.69) is 103 Å². The average molecular weight is 493 g/mol. The molecule has 0 aromatic heterocycles. The molecule has 0 spiro atoms. The summed E-state index contributed by atoms with van der Waals surface area (Å²) in [6.07, 6.45) is 1.40. The van der Waals surface area contributed by atoms with Crippen LogP contribution in [0.5, 0.6) is 5.75 Å². The molecule has 0 bridgehead atoms. The monoisotopic (exact) mass is 492 g/mol. The number of carbonyl (C=O) groups is 1. The van der Waals surface area contributed by atoms with E-state index in [0.717, 1.165) is 12.2 Å². The van der Waals surface area contributed by atoms with Crippen LogP contribution in [0.15, 0.2) is 115 Å². The number of carbonyl (C=O) groups excluding carboxylic acids is 1. The minimum atomic E-state index is -0.470. The van der Waals surface area contributed by atoms with E-state index >= 15 is 0 Å². The van der Waals surface area contributed by atoms with Crippen molar-refractivity contribution >= 4 is 5.97 Å². The second kappa shape index (κ2) is 11.9. The molecule has 0 saturated carbocycles. The first-order valence-corrected chi connectivity index (χ1v) is 13.1. The highest BCUT2D eigenvalue weighted by Gasteiger charge is 2.38. The summed E-state index contributed by atoms with van der Waals surface area (Å²) >= 11 is 0. The van der Waals surface area contributed by atoms with E-state index in [1.165, 1.54) is 22.3 Å². The number of esters is 1. The first kappa shape index (κ1) is 26.2. The lowest BCUT2D eigenvalue weighted by Crippen LogP contribution is -2.30. The first-order chi connectivity index (χ1) is 18.0. The maximum absolute atomic E-state index is 12.1. The molecule has 4 aromatic rings. The molecule has 0 N–H and O–H groups in total. The molecule has 0 aliphatic heterocycles. The van der Waals surface area contributed by atoms with Crippen molar-refractivity contribution in [3.63, 3.8) is 0 Å². The third-order valence-electron chi connectivity index (χ3n) is 7.13. The highest BCUT2D eigenvalue weighted by Crippen LogP contribution is 2.45. The molecule has 0 aliphatic carbocycles. The van der Waals surface area contributed by atoms with Gasteiger partial charge in [0.1, 0.15) is 5.75 Å². The fraction of sp³-hybridized carbons (Fsp3) is 0.265. The van der Waals surface area contributed by atoms with Crippen LogP contribution < -0.4 is 4.74 Å². The maximum atomic E-state index is 12.1. The Kier molecular flexibility index (Phi) is 8.45. The van der Waals surface area contributed by atoms with Crippen LogP contribution in [0.2, 0.25) is 0 Å². The summed E-state index contributed by atoms with van der Waals surface area (Å²) in [7, 11) is 0. The second-order valence-corrected chi connectivity index (χ2v) is 9.95. The van der Waals surface area contributed by atoms with Crippen LogP contribution in [0.3, 0.4) is 0 Å². The summed E-state index contributed by atoms with van der Waals surface area (Å²) in [4.78, 5) is 12.1. The summed E-state index contributed by atoms with van der Waals surface area (Å²) in [5.41, 5.74) is 3.87. The summed E-state index contributed by atoms with van der Waals surface area (Å²) in [6.45, 7) is 6.66. The normalized spacial score (nSPS) is 11.6. The van der Waals surface area contributed by atoms with Crippen LogP contribution in [0.4, 0.5) is 0 Å². The molecule has 0 saturated heterocycles. The van der Waals surface area contributed by atoms with Gasteiger partial charge in [-0.3, -0.25) is 4.79 Å². The lowest BCUT2D eigenvalue weighted by Gasteiger charge is -2.36. The van der Waals surface area contributed by atoms with Gasteiger partial charge in [-0.2, -0.15) is 0 Å². The topological polar surface area (TPSA) is 35.5 Å². The van der Waals surface area contributed by atoms with Crippen molar-refractivity contribution < 1.29 is 14.3 Å². The number of ether oxygens (including phenoxy) is 2. The van der Waals surface area contributed by atoms with Crippen LogP contribution >= 0.6 is 0 Å². The van der Waals surface area contributed by atoms with E-state index in [0.29, 0.717) is 19.6 Å². The molecule has 190 valence electrons. The molecule has 0 unspecified atom stereocenters. The zero-order chi connectivity index (χ0) is 26.1. The van der Waals surface area contributed by atoms with E-state index in [1.807, 2.05) is 32.9 Å². The van der Waals surface area contributed by atoms with Crippen molar-refractivity contribution in [3.05, 3.63) is 138 Å². The van der Waals surface area contributed by atoms with Gasteiger partial charge in [0.25, 0.3) is 0 Å². The lowest BCUT2D eigenvalue weighted by atomic mass is 9.65. The standard InChI is InChI=1S/C34H36O3/c1-4-33(2,3)32(35)37-26-14-25-36-31-23-21-30(22-24-31)34(27-15-8-5-9-16-27,28-17-10-6-11-18-28)29-19-12-7-13-20-29/h5-13,15-24H,4,14,25-26H2,1-3H3. The fourth-order valence-electron chi connectivity index (χ4n) is 4.62. The number of hydrogen-bond donors (Lipinski definition) is 0. The lowest BCUT2D eigenvalue weighted by molar-refractivity contribution is -0.154. The van der Waals surface area contributed by atoms with Gasteiger partial charge in [-0.15, -0.1) is 0 Å². The molecule has 0 heterocycles. The van der Waals surface area contributed by atoms with Crippen molar-refractivity contribution in [2.75, 3.05) is 13.2 Å². The van der Waals surface area contributed by atoms with Crippen molar-refractivity contribution in [1.29, 1.82) is 0 Å². The van der Waals surface area contributed by atoms with Crippen LogP contribution in [0, 0.1) is 5.41 Å². The van der Waals surface area contributed by atoms with E-state index < -0.39 is 10.8 Å². The van der Waals surface area contributed by atoms with Gasteiger partial charge in [-0.25, -0.2) is 0 Å². The van der Waals surface area contributed by atoms with E-state index in [4.69, 9.17) is 9.47 Å². The van der Waals surface area contributed by atoms with Crippen LogP contribution in [0.25, 0.3) is 0 Å². The molecule has 0 atom stereocenters. The maximum Gasteiger partial charge on any atom is 0.311 e.